The second-order valence-corrected chi connectivity index (χ2v) is 7.05. The Hall–Kier alpha value is -1.19. The summed E-state index contributed by atoms with van der Waals surface area (Å²) in [6, 6.07) is 5.25. The summed E-state index contributed by atoms with van der Waals surface area (Å²) in [7, 11) is 0. The molecule has 0 saturated heterocycles. The first-order valence-corrected chi connectivity index (χ1v) is 8.98. The molecule has 3 rings (SSSR count). The predicted octanol–water partition coefficient (Wildman–Crippen LogP) is 3.37. The van der Waals surface area contributed by atoms with E-state index in [-0.39, 0.29) is 11.1 Å². The van der Waals surface area contributed by atoms with Crippen molar-refractivity contribution in [2.24, 2.45) is 0 Å². The molecule has 3 aromatic rings. The number of thiophene rings is 1. The summed E-state index contributed by atoms with van der Waals surface area (Å²) in [6.07, 6.45) is 1.83. The molecule has 6 nitrogen and oxygen atoms in total. The summed E-state index contributed by atoms with van der Waals surface area (Å²) in [5.41, 5.74) is 1.65. The molecule has 0 radical (unpaired) electrons. The average Bonchev–Trinajstić information content (AvgIpc) is 3.11. The molecule has 23 heavy (non-hydrogen) atoms. The number of nitrogens with zero attached hydrogens (tertiary/aromatic N) is 3. The van der Waals surface area contributed by atoms with E-state index in [1.54, 1.807) is 22.0 Å². The molecule has 0 atom stereocenters. The highest BCUT2D eigenvalue weighted by atomic mass is 79.9. The first-order valence-electron chi connectivity index (χ1n) is 6.93. The van der Waals surface area contributed by atoms with E-state index in [4.69, 9.17) is 11.6 Å². The molecule has 3 heterocycles. The van der Waals surface area contributed by atoms with Crippen molar-refractivity contribution in [2.75, 3.05) is 5.32 Å². The Morgan fingerprint density at radius 1 is 1.48 bits per heavy atom. The fourth-order valence-electron chi connectivity index (χ4n) is 2.29. The second-order valence-electron chi connectivity index (χ2n) is 5.01. The maximum absolute atomic E-state index is 10.3. The van der Waals surface area contributed by atoms with E-state index in [0.29, 0.717) is 10.4 Å². The zero-order valence-electron chi connectivity index (χ0n) is 12.1. The van der Waals surface area contributed by atoms with Gasteiger partial charge in [-0.25, -0.2) is 4.52 Å². The van der Waals surface area contributed by atoms with E-state index in [9.17, 15) is 10.2 Å². The minimum Gasteiger partial charge on any atom is -0.344 e. The van der Waals surface area contributed by atoms with Gasteiger partial charge in [-0.05, 0) is 57.0 Å². The molecule has 0 aliphatic heterocycles. The number of nitrogens with one attached hydrogen (secondary N) is 1. The summed E-state index contributed by atoms with van der Waals surface area (Å²) < 4.78 is 2.37. The van der Waals surface area contributed by atoms with Crippen LogP contribution in [0.2, 0.25) is 5.28 Å². The van der Waals surface area contributed by atoms with E-state index >= 15 is 0 Å². The Balaban J connectivity index is 2.08. The average molecular weight is 418 g/mol. The van der Waals surface area contributed by atoms with Crippen molar-refractivity contribution in [2.45, 2.75) is 25.7 Å². The first-order chi connectivity index (χ1) is 10.9. The molecule has 0 saturated carbocycles. The number of hydrogen-bond donors (Lipinski definition) is 3. The maximum Gasteiger partial charge on any atom is 0.283 e. The van der Waals surface area contributed by atoms with E-state index in [1.165, 1.54) is 11.3 Å². The van der Waals surface area contributed by atoms with Crippen LogP contribution in [0.3, 0.4) is 0 Å². The van der Waals surface area contributed by atoms with Gasteiger partial charge in [0.2, 0.25) is 5.28 Å². The van der Waals surface area contributed by atoms with Crippen LogP contribution in [0.15, 0.2) is 28.2 Å². The monoisotopic (exact) mass is 416 g/mol. The molecule has 3 aromatic heterocycles. The smallest absolute Gasteiger partial charge is 0.283 e. The van der Waals surface area contributed by atoms with Gasteiger partial charge in [-0.1, -0.05) is 19.4 Å². The summed E-state index contributed by atoms with van der Waals surface area (Å²) in [6.45, 7) is 2.08. The van der Waals surface area contributed by atoms with Crippen molar-refractivity contribution in [1.82, 2.24) is 14.6 Å². The van der Waals surface area contributed by atoms with Crippen molar-refractivity contribution >= 4 is 50.2 Å². The van der Waals surface area contributed by atoms with Gasteiger partial charge >= 0.3 is 0 Å². The SMILES string of the molecule is CCCc1cc2c(NC(O)(O)c3cccs3)nc(Cl)nn2c1Br. The van der Waals surface area contributed by atoms with E-state index in [1.807, 2.05) is 6.07 Å². The number of anilines is 1. The lowest BCUT2D eigenvalue weighted by Crippen LogP contribution is -2.34. The van der Waals surface area contributed by atoms with Gasteiger partial charge in [0.25, 0.3) is 5.91 Å². The largest absolute Gasteiger partial charge is 0.344 e. The maximum atomic E-state index is 10.3. The molecule has 0 spiro atoms. The van der Waals surface area contributed by atoms with Gasteiger partial charge < -0.3 is 15.5 Å². The van der Waals surface area contributed by atoms with Crippen molar-refractivity contribution in [3.63, 3.8) is 0 Å². The van der Waals surface area contributed by atoms with Gasteiger partial charge in [-0.15, -0.1) is 16.4 Å². The molecule has 0 aromatic carbocycles. The highest BCUT2D eigenvalue weighted by Crippen LogP contribution is 2.31. The fraction of sp³-hybridized carbons (Fsp3) is 0.286. The Morgan fingerprint density at radius 2 is 2.26 bits per heavy atom. The number of hydrogen-bond acceptors (Lipinski definition) is 6. The van der Waals surface area contributed by atoms with Crippen LogP contribution in [0, 0.1) is 0 Å². The van der Waals surface area contributed by atoms with Crippen LogP contribution in [0.4, 0.5) is 5.82 Å². The molecule has 9 heteroatoms. The number of aryl methyl sites for hydroxylation is 1. The number of fused-ring (bicyclic) bond motifs is 1. The number of halogens is 2. The van der Waals surface area contributed by atoms with Gasteiger partial charge in [0.05, 0.1) is 4.88 Å². The highest BCUT2D eigenvalue weighted by molar-refractivity contribution is 9.10. The minimum atomic E-state index is -2.24. The van der Waals surface area contributed by atoms with Gasteiger partial charge in [-0.2, -0.15) is 4.98 Å². The molecule has 0 aliphatic carbocycles. The standard InChI is InChI=1S/C14H14BrClN4O2S/c1-2-4-8-7-9-12(17-13(16)19-20(9)11(8)15)18-14(21,22)10-5-3-6-23-10/h3,5-7,21-22H,2,4H2,1H3,(H,17,18,19). The third-order valence-corrected chi connectivity index (χ3v) is 5.27. The first kappa shape index (κ1) is 16.7. The highest BCUT2D eigenvalue weighted by Gasteiger charge is 2.29. The summed E-state index contributed by atoms with van der Waals surface area (Å²) in [5.74, 6) is -2.00. The van der Waals surface area contributed by atoms with Crippen LogP contribution in [-0.2, 0) is 12.3 Å². The topological polar surface area (TPSA) is 82.7 Å². The van der Waals surface area contributed by atoms with Gasteiger partial charge in [0.1, 0.15) is 10.1 Å². The Morgan fingerprint density at radius 3 is 2.91 bits per heavy atom. The lowest BCUT2D eigenvalue weighted by Gasteiger charge is -2.22. The normalized spacial score (nSPS) is 12.0. The molecule has 0 aliphatic rings. The zero-order valence-corrected chi connectivity index (χ0v) is 15.3. The molecule has 0 unspecified atom stereocenters. The van der Waals surface area contributed by atoms with Crippen molar-refractivity contribution < 1.29 is 10.2 Å². The fourth-order valence-corrected chi connectivity index (χ4v) is 3.71. The van der Waals surface area contributed by atoms with E-state index in [0.717, 1.165) is 23.0 Å². The Kier molecular flexibility index (Phi) is 4.61. The molecular formula is C14H14BrClN4O2S. The molecule has 122 valence electrons. The second kappa shape index (κ2) is 6.37. The van der Waals surface area contributed by atoms with Crippen molar-refractivity contribution in [3.05, 3.63) is 43.9 Å². The van der Waals surface area contributed by atoms with E-state index in [2.05, 4.69) is 38.3 Å². The van der Waals surface area contributed by atoms with Crippen LogP contribution >= 0.6 is 38.9 Å². The molecular weight excluding hydrogens is 404 g/mol. The van der Waals surface area contributed by atoms with Crippen LogP contribution in [-0.4, -0.2) is 24.8 Å². The van der Waals surface area contributed by atoms with Crippen molar-refractivity contribution in [1.29, 1.82) is 0 Å². The Bertz CT molecular complexity index is 835. The van der Waals surface area contributed by atoms with Gasteiger partial charge in [-0.3, -0.25) is 0 Å². The number of aromatic nitrogens is 3. The van der Waals surface area contributed by atoms with Gasteiger partial charge in [0, 0.05) is 0 Å². The Labute approximate surface area is 149 Å². The minimum absolute atomic E-state index is 0.00123. The molecule has 0 bridgehead atoms. The lowest BCUT2D eigenvalue weighted by atomic mass is 10.2. The number of aliphatic hydroxyl groups is 2. The third-order valence-electron chi connectivity index (χ3n) is 3.30. The van der Waals surface area contributed by atoms with Crippen LogP contribution < -0.4 is 5.32 Å². The lowest BCUT2D eigenvalue weighted by molar-refractivity contribution is -0.140. The zero-order chi connectivity index (χ0) is 16.6. The van der Waals surface area contributed by atoms with E-state index < -0.39 is 5.91 Å². The van der Waals surface area contributed by atoms with Gasteiger partial charge in [0.15, 0.2) is 5.82 Å². The quantitative estimate of drug-likeness (QED) is 0.555. The predicted molar refractivity (Wildman–Crippen MR) is 93.7 cm³/mol. The number of rotatable bonds is 5. The summed E-state index contributed by atoms with van der Waals surface area (Å²) in [5, 5.41) is 29.1. The van der Waals surface area contributed by atoms with Crippen molar-refractivity contribution in [3.8, 4) is 0 Å². The van der Waals surface area contributed by atoms with Crippen LogP contribution in [0.5, 0.6) is 0 Å². The molecule has 0 amide bonds. The van der Waals surface area contributed by atoms with Crippen LogP contribution in [0.1, 0.15) is 23.8 Å². The summed E-state index contributed by atoms with van der Waals surface area (Å²) >= 11 is 10.7. The molecule has 0 fully saturated rings. The third kappa shape index (κ3) is 3.22. The molecule has 3 N–H and O–H groups in total. The summed E-state index contributed by atoms with van der Waals surface area (Å²) in [4.78, 5) is 4.45. The van der Waals surface area contributed by atoms with Crippen LogP contribution in [0.25, 0.3) is 5.52 Å².